The van der Waals surface area contributed by atoms with Crippen LogP contribution in [0.25, 0.3) is 0 Å². The highest BCUT2D eigenvalue weighted by Gasteiger charge is 2.31. The van der Waals surface area contributed by atoms with Crippen molar-refractivity contribution in [2.45, 2.75) is 6.36 Å². The van der Waals surface area contributed by atoms with E-state index >= 15 is 0 Å². The standard InChI is InChI=1S/C11H7F3IN3O2S/c12-11(13,14)20-8-2-1-6(3-7(8)15)4-16-18-10-17-9(19)5-21-10/h1-4H,5H2,(H,17,18,19). The van der Waals surface area contributed by atoms with Crippen molar-refractivity contribution in [2.24, 2.45) is 10.2 Å². The Hall–Kier alpha value is -1.30. The highest BCUT2D eigenvalue weighted by molar-refractivity contribution is 14.1. The summed E-state index contributed by atoms with van der Waals surface area (Å²) in [4.78, 5) is 10.9. The van der Waals surface area contributed by atoms with E-state index in [1.807, 2.05) is 0 Å². The molecule has 1 saturated heterocycles. The molecule has 2 rings (SSSR count). The molecule has 0 saturated carbocycles. The topological polar surface area (TPSA) is 63.0 Å². The van der Waals surface area contributed by atoms with E-state index in [4.69, 9.17) is 0 Å². The van der Waals surface area contributed by atoms with Crippen molar-refractivity contribution in [1.82, 2.24) is 5.32 Å². The van der Waals surface area contributed by atoms with Gasteiger partial charge in [0.05, 0.1) is 15.5 Å². The lowest BCUT2D eigenvalue weighted by atomic mass is 10.2. The Morgan fingerprint density at radius 2 is 2.19 bits per heavy atom. The number of hydrogen-bond acceptors (Lipinski definition) is 5. The van der Waals surface area contributed by atoms with Gasteiger partial charge >= 0.3 is 6.36 Å². The van der Waals surface area contributed by atoms with Gasteiger partial charge in [0, 0.05) is 0 Å². The number of benzene rings is 1. The molecule has 1 amide bonds. The van der Waals surface area contributed by atoms with Crippen molar-refractivity contribution in [3.63, 3.8) is 0 Å². The summed E-state index contributed by atoms with van der Waals surface area (Å²) in [5.74, 6) is -0.113. The molecular weight excluding hydrogens is 422 g/mol. The van der Waals surface area contributed by atoms with Crippen LogP contribution in [0.1, 0.15) is 5.56 Å². The average molecular weight is 429 g/mol. The van der Waals surface area contributed by atoms with Crippen molar-refractivity contribution >= 4 is 51.6 Å². The molecule has 1 aliphatic heterocycles. The van der Waals surface area contributed by atoms with E-state index < -0.39 is 6.36 Å². The number of nitrogens with one attached hydrogen (secondary N) is 1. The average Bonchev–Trinajstić information content (AvgIpc) is 2.77. The summed E-state index contributed by atoms with van der Waals surface area (Å²) >= 11 is 2.96. The second-order valence-electron chi connectivity index (χ2n) is 3.72. The van der Waals surface area contributed by atoms with E-state index in [1.165, 1.54) is 36.2 Å². The van der Waals surface area contributed by atoms with Crippen LogP contribution in [0.15, 0.2) is 28.4 Å². The van der Waals surface area contributed by atoms with Gasteiger partial charge in [-0.15, -0.1) is 18.3 Å². The minimum Gasteiger partial charge on any atom is -0.405 e. The third-order valence-corrected chi connectivity index (χ3v) is 3.83. The number of amides is 1. The predicted molar refractivity (Wildman–Crippen MR) is 81.5 cm³/mol. The molecule has 1 aliphatic rings. The number of carbonyl (C=O) groups excluding carboxylic acids is 1. The number of hydrogen-bond donors (Lipinski definition) is 1. The molecule has 0 unspecified atom stereocenters. The number of amidine groups is 1. The Kier molecular flexibility index (Phi) is 5.08. The van der Waals surface area contributed by atoms with Gasteiger partial charge in [0.2, 0.25) is 5.91 Å². The van der Waals surface area contributed by atoms with Crippen molar-refractivity contribution in [2.75, 3.05) is 5.75 Å². The molecule has 0 radical (unpaired) electrons. The number of carbonyl (C=O) groups is 1. The summed E-state index contributed by atoms with van der Waals surface area (Å²) in [5, 5.41) is 10.4. The predicted octanol–water partition coefficient (Wildman–Crippen LogP) is 2.74. The number of halogens is 4. The minimum atomic E-state index is -4.72. The van der Waals surface area contributed by atoms with E-state index in [1.54, 1.807) is 22.6 Å². The molecule has 1 aromatic carbocycles. The van der Waals surface area contributed by atoms with Crippen LogP contribution in [0.4, 0.5) is 13.2 Å². The maximum Gasteiger partial charge on any atom is 0.573 e. The summed E-state index contributed by atoms with van der Waals surface area (Å²) in [7, 11) is 0. The van der Waals surface area contributed by atoms with Crippen molar-refractivity contribution < 1.29 is 22.7 Å². The molecule has 0 atom stereocenters. The summed E-state index contributed by atoms with van der Waals surface area (Å²) in [5.41, 5.74) is 0.563. The quantitative estimate of drug-likeness (QED) is 0.457. The Bertz CT molecular complexity index is 619. The fourth-order valence-electron chi connectivity index (χ4n) is 1.33. The van der Waals surface area contributed by atoms with E-state index in [9.17, 15) is 18.0 Å². The van der Waals surface area contributed by atoms with E-state index in [-0.39, 0.29) is 11.7 Å². The fraction of sp³-hybridized carbons (Fsp3) is 0.182. The zero-order valence-electron chi connectivity index (χ0n) is 10.1. The monoisotopic (exact) mass is 429 g/mol. The SMILES string of the molecule is O=C1CSC(=NN=Cc2ccc(OC(F)(F)F)c(I)c2)N1. The summed E-state index contributed by atoms with van der Waals surface area (Å²) in [6.07, 6.45) is -3.35. The molecule has 1 heterocycles. The van der Waals surface area contributed by atoms with Crippen LogP contribution in [-0.2, 0) is 4.79 Å². The number of thioether (sulfide) groups is 1. The normalized spacial score (nSPS) is 17.5. The Morgan fingerprint density at radius 1 is 1.43 bits per heavy atom. The lowest BCUT2D eigenvalue weighted by Gasteiger charge is -2.10. The van der Waals surface area contributed by atoms with Gasteiger partial charge < -0.3 is 10.1 Å². The molecule has 1 N–H and O–H groups in total. The largest absolute Gasteiger partial charge is 0.573 e. The minimum absolute atomic E-state index is 0.142. The van der Waals surface area contributed by atoms with Gasteiger partial charge in [-0.05, 0) is 46.4 Å². The molecule has 1 fully saturated rings. The van der Waals surface area contributed by atoms with Crippen LogP contribution in [0.2, 0.25) is 0 Å². The number of alkyl halides is 3. The van der Waals surface area contributed by atoms with Crippen LogP contribution in [0.3, 0.4) is 0 Å². The number of rotatable bonds is 3. The highest BCUT2D eigenvalue weighted by atomic mass is 127. The van der Waals surface area contributed by atoms with Crippen molar-refractivity contribution in [1.29, 1.82) is 0 Å². The van der Waals surface area contributed by atoms with Crippen LogP contribution in [0.5, 0.6) is 5.75 Å². The molecule has 0 bridgehead atoms. The Balaban J connectivity index is 2.05. The van der Waals surface area contributed by atoms with Crippen LogP contribution in [0, 0.1) is 3.57 Å². The van der Waals surface area contributed by atoms with Gasteiger partial charge in [0.25, 0.3) is 0 Å². The van der Waals surface area contributed by atoms with Gasteiger partial charge in [0.1, 0.15) is 5.75 Å². The second-order valence-corrected chi connectivity index (χ2v) is 5.85. The lowest BCUT2D eigenvalue weighted by Crippen LogP contribution is -2.19. The first-order valence-corrected chi connectivity index (χ1v) is 7.49. The first kappa shape index (κ1) is 16.1. The third kappa shape index (κ3) is 5.19. The Morgan fingerprint density at radius 3 is 2.76 bits per heavy atom. The molecule has 21 heavy (non-hydrogen) atoms. The zero-order valence-corrected chi connectivity index (χ0v) is 13.1. The van der Waals surface area contributed by atoms with E-state index in [2.05, 4.69) is 20.3 Å². The van der Waals surface area contributed by atoms with Crippen molar-refractivity contribution in [3.05, 3.63) is 27.3 Å². The molecule has 5 nitrogen and oxygen atoms in total. The summed E-state index contributed by atoms with van der Waals surface area (Å²) in [6, 6.07) is 4.11. The molecule has 0 aliphatic carbocycles. The van der Waals surface area contributed by atoms with E-state index in [0.29, 0.717) is 20.1 Å². The molecule has 0 aromatic heterocycles. The van der Waals surface area contributed by atoms with Gasteiger partial charge in [0.15, 0.2) is 5.17 Å². The smallest absolute Gasteiger partial charge is 0.405 e. The molecule has 0 spiro atoms. The fourth-order valence-corrected chi connectivity index (χ4v) is 2.61. The summed E-state index contributed by atoms with van der Waals surface area (Å²) < 4.78 is 40.5. The van der Waals surface area contributed by atoms with Gasteiger partial charge in [-0.2, -0.15) is 5.10 Å². The zero-order chi connectivity index (χ0) is 15.5. The van der Waals surface area contributed by atoms with Crippen molar-refractivity contribution in [3.8, 4) is 5.75 Å². The molecule has 112 valence electrons. The summed E-state index contributed by atoms with van der Waals surface area (Å²) in [6.45, 7) is 0. The number of ether oxygens (including phenoxy) is 1. The van der Waals surface area contributed by atoms with Gasteiger partial charge in [-0.1, -0.05) is 11.8 Å². The van der Waals surface area contributed by atoms with Gasteiger partial charge in [-0.25, -0.2) is 0 Å². The van der Waals surface area contributed by atoms with Crippen LogP contribution < -0.4 is 10.1 Å². The molecule has 10 heteroatoms. The maximum absolute atomic E-state index is 12.1. The Labute approximate surface area is 135 Å². The van der Waals surface area contributed by atoms with Crippen LogP contribution in [-0.4, -0.2) is 29.4 Å². The second kappa shape index (κ2) is 6.64. The third-order valence-electron chi connectivity index (χ3n) is 2.12. The number of nitrogens with zero attached hydrogens (tertiary/aromatic N) is 2. The highest BCUT2D eigenvalue weighted by Crippen LogP contribution is 2.27. The van der Waals surface area contributed by atoms with Gasteiger partial charge in [-0.3, -0.25) is 4.79 Å². The first-order valence-electron chi connectivity index (χ1n) is 5.42. The van der Waals surface area contributed by atoms with Crippen LogP contribution >= 0.6 is 34.4 Å². The lowest BCUT2D eigenvalue weighted by molar-refractivity contribution is -0.274. The first-order chi connectivity index (χ1) is 9.83. The maximum atomic E-state index is 12.1. The molecular formula is C11H7F3IN3O2S. The molecule has 1 aromatic rings. The van der Waals surface area contributed by atoms with E-state index in [0.717, 1.165) is 0 Å².